The molecule has 0 aliphatic rings. The van der Waals surface area contributed by atoms with Gasteiger partial charge in [0.15, 0.2) is 6.61 Å². The van der Waals surface area contributed by atoms with Gasteiger partial charge in [0.1, 0.15) is 23.9 Å². The number of carboxylic acids is 1. The van der Waals surface area contributed by atoms with E-state index in [1.54, 1.807) is 43.3 Å². The number of aliphatic carboxylic acids is 1. The van der Waals surface area contributed by atoms with Crippen molar-refractivity contribution in [2.45, 2.75) is 32.2 Å². The molecule has 3 aromatic rings. The maximum atomic E-state index is 15.1. The van der Waals surface area contributed by atoms with Crippen LogP contribution in [-0.2, 0) is 17.8 Å². The molecular weight excluding hydrogens is 454 g/mol. The van der Waals surface area contributed by atoms with Gasteiger partial charge in [-0.1, -0.05) is 36.4 Å². The van der Waals surface area contributed by atoms with Crippen LogP contribution in [0.2, 0.25) is 0 Å². The fourth-order valence-corrected chi connectivity index (χ4v) is 3.39. The minimum atomic E-state index is -4.55. The van der Waals surface area contributed by atoms with E-state index in [0.29, 0.717) is 16.9 Å². The summed E-state index contributed by atoms with van der Waals surface area (Å²) >= 11 is 0. The maximum absolute atomic E-state index is 15.1. The third-order valence-electron chi connectivity index (χ3n) is 4.91. The Hall–Kier alpha value is -3.59. The van der Waals surface area contributed by atoms with Crippen LogP contribution < -0.4 is 15.2 Å². The number of carboxylic acid groups (broad SMARTS) is 1. The van der Waals surface area contributed by atoms with E-state index >= 15 is 4.39 Å². The predicted molar refractivity (Wildman–Crippen MR) is 118 cm³/mol. The molecule has 0 saturated heterocycles. The van der Waals surface area contributed by atoms with Crippen molar-refractivity contribution in [2.75, 3.05) is 6.61 Å². The molecule has 0 aliphatic heterocycles. The van der Waals surface area contributed by atoms with E-state index in [4.69, 9.17) is 20.3 Å². The van der Waals surface area contributed by atoms with Crippen molar-refractivity contribution < 1.29 is 36.9 Å². The molecule has 1 atom stereocenters. The smallest absolute Gasteiger partial charge is 0.422 e. The number of ether oxygens (including phenoxy) is 2. The third kappa shape index (κ3) is 6.71. The van der Waals surface area contributed by atoms with Crippen LogP contribution in [0, 0.1) is 5.82 Å². The molecule has 0 fully saturated rings. The Labute approximate surface area is 193 Å². The first kappa shape index (κ1) is 25.0. The van der Waals surface area contributed by atoms with E-state index in [9.17, 15) is 18.0 Å². The van der Waals surface area contributed by atoms with Gasteiger partial charge in [-0.15, -0.1) is 0 Å². The average Bonchev–Trinajstić information content (AvgIpc) is 2.76. The number of halogens is 4. The van der Waals surface area contributed by atoms with Crippen LogP contribution in [0.4, 0.5) is 17.6 Å². The predicted octanol–water partition coefficient (Wildman–Crippen LogP) is 5.66. The Kier molecular flexibility index (Phi) is 7.78. The lowest BCUT2D eigenvalue weighted by atomic mass is 9.97. The lowest BCUT2D eigenvalue weighted by Crippen LogP contribution is -2.19. The summed E-state index contributed by atoms with van der Waals surface area (Å²) in [6, 6.07) is 14.8. The van der Waals surface area contributed by atoms with E-state index < -0.39 is 30.6 Å². The van der Waals surface area contributed by atoms with Crippen molar-refractivity contribution in [3.63, 3.8) is 0 Å². The fourth-order valence-electron chi connectivity index (χ4n) is 3.39. The summed E-state index contributed by atoms with van der Waals surface area (Å²) in [6.07, 6.45) is -4.81. The van der Waals surface area contributed by atoms with E-state index in [2.05, 4.69) is 0 Å². The molecule has 3 aromatic carbocycles. The van der Waals surface area contributed by atoms with Crippen LogP contribution in [0.1, 0.15) is 29.7 Å². The molecule has 5 nitrogen and oxygen atoms in total. The molecule has 0 heterocycles. The molecule has 3 rings (SSSR count). The highest BCUT2D eigenvalue weighted by Crippen LogP contribution is 2.32. The van der Waals surface area contributed by atoms with E-state index in [-0.39, 0.29) is 35.5 Å². The van der Waals surface area contributed by atoms with Crippen LogP contribution >= 0.6 is 0 Å². The lowest BCUT2D eigenvalue weighted by molar-refractivity contribution is -0.153. The van der Waals surface area contributed by atoms with Gasteiger partial charge in [0.2, 0.25) is 0 Å². The van der Waals surface area contributed by atoms with Crippen molar-refractivity contribution in [2.24, 2.45) is 5.73 Å². The third-order valence-corrected chi connectivity index (χ3v) is 4.91. The zero-order chi connectivity index (χ0) is 24.9. The van der Waals surface area contributed by atoms with Crippen molar-refractivity contribution in [3.05, 3.63) is 83.2 Å². The molecule has 0 amide bonds. The summed E-state index contributed by atoms with van der Waals surface area (Å²) in [7, 11) is 0. The van der Waals surface area contributed by atoms with E-state index in [0.717, 1.165) is 0 Å². The van der Waals surface area contributed by atoms with Gasteiger partial charge in [0, 0.05) is 22.7 Å². The summed E-state index contributed by atoms with van der Waals surface area (Å²) < 4.78 is 63.9. The molecule has 9 heteroatoms. The van der Waals surface area contributed by atoms with Crippen molar-refractivity contribution in [1.82, 2.24) is 0 Å². The summed E-state index contributed by atoms with van der Waals surface area (Å²) in [4.78, 5) is 11.1. The van der Waals surface area contributed by atoms with Gasteiger partial charge in [0.05, 0.1) is 6.42 Å². The number of hydrogen-bond donors (Lipinski definition) is 2. The quantitative estimate of drug-likeness (QED) is 0.389. The van der Waals surface area contributed by atoms with Gasteiger partial charge in [-0.2, -0.15) is 13.2 Å². The number of benzene rings is 3. The zero-order valence-corrected chi connectivity index (χ0v) is 18.2. The molecule has 180 valence electrons. The largest absolute Gasteiger partial charge is 0.489 e. The Bertz CT molecular complexity index is 1160. The summed E-state index contributed by atoms with van der Waals surface area (Å²) in [5.41, 5.74) is 7.38. The number of hydrogen-bond acceptors (Lipinski definition) is 4. The van der Waals surface area contributed by atoms with Crippen LogP contribution in [0.25, 0.3) is 11.1 Å². The summed E-state index contributed by atoms with van der Waals surface area (Å²) in [5.74, 6) is -1.41. The second-order valence-electron chi connectivity index (χ2n) is 7.73. The summed E-state index contributed by atoms with van der Waals surface area (Å²) in [5, 5.41) is 9.08. The molecular formula is C25H23F4NO4. The molecule has 3 N–H and O–H groups in total. The van der Waals surface area contributed by atoms with Gasteiger partial charge >= 0.3 is 12.1 Å². The number of carbonyl (C=O) groups is 1. The van der Waals surface area contributed by atoms with Crippen LogP contribution in [0.3, 0.4) is 0 Å². The fraction of sp³-hybridized carbons (Fsp3) is 0.240. The molecule has 0 aromatic heterocycles. The number of alkyl halides is 3. The van der Waals surface area contributed by atoms with E-state index in [1.165, 1.54) is 24.3 Å². The Balaban J connectivity index is 1.96. The molecule has 34 heavy (non-hydrogen) atoms. The topological polar surface area (TPSA) is 81.8 Å². The second kappa shape index (κ2) is 10.6. The summed E-state index contributed by atoms with van der Waals surface area (Å²) in [6.45, 7) is 0.000893. The Morgan fingerprint density at radius 3 is 2.47 bits per heavy atom. The van der Waals surface area contributed by atoms with E-state index in [1.807, 2.05) is 0 Å². The molecule has 0 saturated carbocycles. The maximum Gasteiger partial charge on any atom is 0.422 e. The van der Waals surface area contributed by atoms with Gasteiger partial charge in [-0.05, 0) is 42.3 Å². The van der Waals surface area contributed by atoms with Crippen LogP contribution in [-0.4, -0.2) is 23.9 Å². The first-order valence-corrected chi connectivity index (χ1v) is 10.3. The number of nitrogens with two attached hydrogens (primary N) is 1. The lowest BCUT2D eigenvalue weighted by Gasteiger charge is -2.16. The molecule has 0 aliphatic carbocycles. The molecule has 0 spiro atoms. The van der Waals surface area contributed by atoms with Crippen molar-refractivity contribution >= 4 is 5.97 Å². The van der Waals surface area contributed by atoms with Crippen molar-refractivity contribution in [1.29, 1.82) is 0 Å². The van der Waals surface area contributed by atoms with Crippen LogP contribution in [0.15, 0.2) is 60.7 Å². The Morgan fingerprint density at radius 1 is 1.06 bits per heavy atom. The highest BCUT2D eigenvalue weighted by molar-refractivity contribution is 5.71. The standard InChI is InChI=1S/C25H23F4NO4/c1-15(30)20-6-4-7-21(24(20)26)18-9-16(10-19(11-18)34-14-25(27,28)29)13-33-22-8-3-2-5-17(22)12-23(31)32/h2-11,15H,12-14,30H2,1H3,(H,31,32). The average molecular weight is 477 g/mol. The molecule has 1 unspecified atom stereocenters. The number of para-hydroxylation sites is 1. The zero-order valence-electron chi connectivity index (χ0n) is 18.2. The SMILES string of the molecule is CC(N)c1cccc(-c2cc(COc3ccccc3CC(=O)O)cc(OCC(F)(F)F)c2)c1F. The first-order chi connectivity index (χ1) is 16.0. The minimum absolute atomic E-state index is 0.110. The van der Waals surface area contributed by atoms with Gasteiger partial charge in [0.25, 0.3) is 0 Å². The van der Waals surface area contributed by atoms with Gasteiger partial charge < -0.3 is 20.3 Å². The normalized spacial score (nSPS) is 12.3. The van der Waals surface area contributed by atoms with Crippen molar-refractivity contribution in [3.8, 4) is 22.6 Å². The highest BCUT2D eigenvalue weighted by atomic mass is 19.4. The Morgan fingerprint density at radius 2 is 1.79 bits per heavy atom. The van der Waals surface area contributed by atoms with Gasteiger partial charge in [-0.3, -0.25) is 4.79 Å². The monoisotopic (exact) mass is 477 g/mol. The molecule has 0 radical (unpaired) electrons. The second-order valence-corrected chi connectivity index (χ2v) is 7.73. The first-order valence-electron chi connectivity index (χ1n) is 10.3. The van der Waals surface area contributed by atoms with Crippen LogP contribution in [0.5, 0.6) is 11.5 Å². The minimum Gasteiger partial charge on any atom is -0.489 e. The van der Waals surface area contributed by atoms with Gasteiger partial charge in [-0.25, -0.2) is 4.39 Å². The highest BCUT2D eigenvalue weighted by Gasteiger charge is 2.28. The number of rotatable bonds is 9. The molecule has 0 bridgehead atoms.